The molecule has 0 spiro atoms. The van der Waals surface area contributed by atoms with Gasteiger partial charge in [0.25, 0.3) is 10.0 Å². The summed E-state index contributed by atoms with van der Waals surface area (Å²) >= 11 is 6.29. The number of nitrogens with one attached hydrogen (secondary N) is 1. The van der Waals surface area contributed by atoms with Crippen LogP contribution in [0.3, 0.4) is 0 Å². The maximum atomic E-state index is 14.1. The van der Waals surface area contributed by atoms with E-state index in [-0.39, 0.29) is 22.9 Å². The molecule has 1 N–H and O–H groups in total. The molecule has 2 amide bonds. The van der Waals surface area contributed by atoms with Crippen LogP contribution in [-0.2, 0) is 32.3 Å². The number of nitrogens with zero attached hydrogens (tertiary/aromatic N) is 2. The van der Waals surface area contributed by atoms with Gasteiger partial charge in [0.2, 0.25) is 11.8 Å². The fraction of sp³-hybridized carbons (Fsp3) is 0.355. The summed E-state index contributed by atoms with van der Waals surface area (Å²) in [5.74, 6) is -0.746. The zero-order chi connectivity index (χ0) is 32.9. The van der Waals surface area contributed by atoms with Crippen molar-refractivity contribution in [3.63, 3.8) is 0 Å². The Hall–Kier alpha value is -3.77. The van der Waals surface area contributed by atoms with Gasteiger partial charge in [-0.05, 0) is 75.2 Å². The summed E-state index contributed by atoms with van der Waals surface area (Å²) in [7, 11) is -3.12. The highest BCUT2D eigenvalue weighted by atomic mass is 35.5. The van der Waals surface area contributed by atoms with Crippen LogP contribution in [0.25, 0.3) is 0 Å². The lowest BCUT2D eigenvalue weighted by atomic mass is 10.1. The second-order valence-corrected chi connectivity index (χ2v) is 13.3. The number of halogens is 4. The average Bonchev–Trinajstić information content (AvgIpc) is 2.95. The minimum absolute atomic E-state index is 0.103. The van der Waals surface area contributed by atoms with Gasteiger partial charge in [-0.1, -0.05) is 48.9 Å². The van der Waals surface area contributed by atoms with E-state index in [1.165, 1.54) is 36.3 Å². The average molecular weight is 654 g/mol. The van der Waals surface area contributed by atoms with Crippen molar-refractivity contribution >= 4 is 39.1 Å². The van der Waals surface area contributed by atoms with Crippen molar-refractivity contribution < 1.29 is 35.9 Å². The molecule has 0 aliphatic carbocycles. The molecule has 0 fully saturated rings. The van der Waals surface area contributed by atoms with Crippen LogP contribution in [0.5, 0.6) is 5.75 Å². The molecule has 3 aromatic rings. The normalized spacial score (nSPS) is 12.8. The maximum Gasteiger partial charge on any atom is 0.416 e. The van der Waals surface area contributed by atoms with Crippen molar-refractivity contribution in [1.29, 1.82) is 0 Å². The Bertz CT molecular complexity index is 1560. The molecule has 3 rings (SSSR count). The molecule has 3 aromatic carbocycles. The molecule has 0 saturated heterocycles. The Morgan fingerprint density at radius 3 is 2.11 bits per heavy atom. The molecule has 0 heterocycles. The van der Waals surface area contributed by atoms with Crippen LogP contribution in [0.1, 0.15) is 45.2 Å². The summed E-state index contributed by atoms with van der Waals surface area (Å²) in [5, 5.41) is 2.54. The first-order valence-corrected chi connectivity index (χ1v) is 15.5. The summed E-state index contributed by atoms with van der Waals surface area (Å²) < 4.78 is 74.7. The fourth-order valence-corrected chi connectivity index (χ4v) is 6.13. The standard InChI is InChI=1S/C31H35ClF3N3O5S/c1-6-26(29(40)36-30(2,3)4)37(19-21-12-15-23(43-5)16-13-21)28(39)20-38(44(41,42)24-10-8-7-9-11-24)27-18-22(31(33,34)35)14-17-25(27)32/h7-18,26H,6,19-20H2,1-5H3,(H,36,40)/t26-/m1/s1. The van der Waals surface area contributed by atoms with E-state index in [1.54, 1.807) is 58.0 Å². The molecule has 0 bridgehead atoms. The van der Waals surface area contributed by atoms with Gasteiger partial charge in [-0.15, -0.1) is 0 Å². The molecule has 0 aliphatic heterocycles. The van der Waals surface area contributed by atoms with Gasteiger partial charge in [-0.3, -0.25) is 13.9 Å². The maximum absolute atomic E-state index is 14.1. The molecule has 0 saturated carbocycles. The summed E-state index contributed by atoms with van der Waals surface area (Å²) in [6, 6.07) is 14.9. The van der Waals surface area contributed by atoms with Gasteiger partial charge in [0.15, 0.2) is 0 Å². The molecule has 13 heteroatoms. The minimum Gasteiger partial charge on any atom is -0.497 e. The van der Waals surface area contributed by atoms with Crippen LogP contribution in [0.15, 0.2) is 77.7 Å². The van der Waals surface area contributed by atoms with Gasteiger partial charge in [0, 0.05) is 12.1 Å². The molecule has 1 atom stereocenters. The van der Waals surface area contributed by atoms with Crippen LogP contribution in [0, 0.1) is 0 Å². The predicted molar refractivity (Wildman–Crippen MR) is 163 cm³/mol. The van der Waals surface area contributed by atoms with Crippen LogP contribution < -0.4 is 14.4 Å². The third-order valence-electron chi connectivity index (χ3n) is 6.55. The van der Waals surface area contributed by atoms with E-state index < -0.39 is 57.4 Å². The number of benzene rings is 3. The lowest BCUT2D eigenvalue weighted by molar-refractivity contribution is -0.141. The van der Waals surface area contributed by atoms with E-state index in [0.29, 0.717) is 21.7 Å². The third-order valence-corrected chi connectivity index (χ3v) is 8.64. The number of anilines is 1. The molecule has 8 nitrogen and oxygen atoms in total. The quantitative estimate of drug-likeness (QED) is 0.263. The van der Waals surface area contributed by atoms with Crippen LogP contribution in [-0.4, -0.2) is 50.4 Å². The molecule has 0 radical (unpaired) electrons. The zero-order valence-electron chi connectivity index (χ0n) is 25.0. The van der Waals surface area contributed by atoms with Crippen molar-refractivity contribution in [1.82, 2.24) is 10.2 Å². The zero-order valence-corrected chi connectivity index (χ0v) is 26.6. The number of alkyl halides is 3. The number of amides is 2. The number of ether oxygens (including phenoxy) is 1. The smallest absolute Gasteiger partial charge is 0.416 e. The van der Waals surface area contributed by atoms with Crippen LogP contribution >= 0.6 is 11.6 Å². The van der Waals surface area contributed by atoms with Gasteiger partial charge in [0.05, 0.1) is 28.3 Å². The number of hydrogen-bond donors (Lipinski definition) is 1. The highest BCUT2D eigenvalue weighted by Crippen LogP contribution is 2.37. The molecule has 44 heavy (non-hydrogen) atoms. The monoisotopic (exact) mass is 653 g/mol. The van der Waals surface area contributed by atoms with Gasteiger partial charge in [0.1, 0.15) is 18.3 Å². The van der Waals surface area contributed by atoms with Crippen molar-refractivity contribution in [2.45, 2.75) is 63.3 Å². The Labute approximate surface area is 260 Å². The second-order valence-electron chi connectivity index (χ2n) is 11.0. The Morgan fingerprint density at radius 2 is 1.59 bits per heavy atom. The van der Waals surface area contributed by atoms with Gasteiger partial charge in [-0.2, -0.15) is 13.2 Å². The summed E-state index contributed by atoms with van der Waals surface area (Å²) in [4.78, 5) is 28.5. The van der Waals surface area contributed by atoms with Crippen molar-refractivity contribution in [2.24, 2.45) is 0 Å². The first-order chi connectivity index (χ1) is 20.5. The summed E-state index contributed by atoms with van der Waals surface area (Å²) in [6.45, 7) is 5.98. The van der Waals surface area contributed by atoms with Crippen LogP contribution in [0.2, 0.25) is 5.02 Å². The van der Waals surface area contributed by atoms with Gasteiger partial charge < -0.3 is 15.0 Å². The molecular weight excluding hydrogens is 619 g/mol. The van der Waals surface area contributed by atoms with Crippen molar-refractivity contribution in [3.8, 4) is 5.75 Å². The van der Waals surface area contributed by atoms with E-state index in [1.807, 2.05) is 0 Å². The number of methoxy groups -OCH3 is 1. The van der Waals surface area contributed by atoms with Crippen molar-refractivity contribution in [3.05, 3.63) is 88.9 Å². The third kappa shape index (κ3) is 8.66. The predicted octanol–water partition coefficient (Wildman–Crippen LogP) is 6.28. The van der Waals surface area contributed by atoms with Crippen molar-refractivity contribution in [2.75, 3.05) is 18.0 Å². The summed E-state index contributed by atoms with van der Waals surface area (Å²) in [5.41, 5.74) is -1.72. The van der Waals surface area contributed by atoms with E-state index in [9.17, 15) is 31.2 Å². The number of sulfonamides is 1. The second kappa shape index (κ2) is 13.9. The fourth-order valence-electron chi connectivity index (χ4n) is 4.41. The number of carbonyl (C=O) groups is 2. The Balaban J connectivity index is 2.16. The van der Waals surface area contributed by atoms with Gasteiger partial charge >= 0.3 is 6.18 Å². The molecule has 238 valence electrons. The molecule has 0 aliphatic rings. The number of rotatable bonds is 11. The highest BCUT2D eigenvalue weighted by Gasteiger charge is 2.37. The number of carbonyl (C=O) groups excluding carboxylic acids is 2. The number of hydrogen-bond acceptors (Lipinski definition) is 5. The highest BCUT2D eigenvalue weighted by molar-refractivity contribution is 7.92. The topological polar surface area (TPSA) is 96.0 Å². The molecular formula is C31H35ClF3N3O5S. The largest absolute Gasteiger partial charge is 0.497 e. The van der Waals surface area contributed by atoms with E-state index >= 15 is 0 Å². The summed E-state index contributed by atoms with van der Waals surface area (Å²) in [6.07, 6.45) is -4.65. The minimum atomic E-state index is -4.82. The first-order valence-electron chi connectivity index (χ1n) is 13.7. The van der Waals surface area contributed by atoms with Gasteiger partial charge in [-0.25, -0.2) is 8.42 Å². The SMILES string of the molecule is CC[C@H](C(=O)NC(C)(C)C)N(Cc1ccc(OC)cc1)C(=O)CN(c1cc(C(F)(F)F)ccc1Cl)S(=O)(=O)c1ccccc1. The molecule has 0 unspecified atom stereocenters. The lowest BCUT2D eigenvalue weighted by Gasteiger charge is -2.35. The first kappa shape index (κ1) is 34.7. The van der Waals surface area contributed by atoms with E-state index in [4.69, 9.17) is 16.3 Å². The lowest BCUT2D eigenvalue weighted by Crippen LogP contribution is -2.55. The Morgan fingerprint density at radius 1 is 0.977 bits per heavy atom. The van der Waals surface area contributed by atoms with Crippen LogP contribution in [0.4, 0.5) is 18.9 Å². The molecule has 0 aromatic heterocycles. The van der Waals surface area contributed by atoms with E-state index in [0.717, 1.165) is 12.1 Å². The van der Waals surface area contributed by atoms with E-state index in [2.05, 4.69) is 5.32 Å². The Kier molecular flexibility index (Phi) is 11.0.